The van der Waals surface area contributed by atoms with Crippen molar-refractivity contribution in [1.82, 2.24) is 4.90 Å². The number of nitrogens with zero attached hydrogens (tertiary/aromatic N) is 1. The van der Waals surface area contributed by atoms with Crippen LogP contribution in [0.4, 0.5) is 0 Å². The molecule has 0 aromatic carbocycles. The number of rotatable bonds is 0. The highest BCUT2D eigenvalue weighted by atomic mass is 32.1. The van der Waals surface area contributed by atoms with Crippen LogP contribution < -0.4 is 0 Å². The fraction of sp³-hybridized carbons (Fsp3) is 0.571. The predicted molar refractivity (Wildman–Crippen MR) is 42.2 cm³/mol. The van der Waals surface area contributed by atoms with Crippen LogP contribution in [0.1, 0.15) is 6.42 Å². The van der Waals surface area contributed by atoms with E-state index >= 15 is 0 Å². The van der Waals surface area contributed by atoms with Gasteiger partial charge in [0.2, 0.25) is 0 Å². The highest BCUT2D eigenvalue weighted by molar-refractivity contribution is 7.80. The van der Waals surface area contributed by atoms with Crippen molar-refractivity contribution in [2.24, 2.45) is 5.92 Å². The van der Waals surface area contributed by atoms with E-state index in [2.05, 4.69) is 5.92 Å². The third-order valence-corrected chi connectivity index (χ3v) is 2.06. The second-order valence-corrected chi connectivity index (χ2v) is 2.81. The second-order valence-electron chi connectivity index (χ2n) is 2.34. The van der Waals surface area contributed by atoms with Gasteiger partial charge in [-0.05, 0) is 0 Å². The van der Waals surface area contributed by atoms with Gasteiger partial charge in [0.25, 0.3) is 0 Å². The monoisotopic (exact) mass is 139 g/mol. The molecule has 1 aliphatic rings. The Morgan fingerprint density at radius 1 is 1.89 bits per heavy atom. The van der Waals surface area contributed by atoms with Crippen molar-refractivity contribution in [3.63, 3.8) is 0 Å². The molecule has 0 aromatic heterocycles. The maximum atomic E-state index is 5.22. The first-order chi connectivity index (χ1) is 4.24. The van der Waals surface area contributed by atoms with Crippen molar-refractivity contribution < 1.29 is 0 Å². The van der Waals surface area contributed by atoms with E-state index < -0.39 is 0 Å². The summed E-state index contributed by atoms with van der Waals surface area (Å²) < 4.78 is 0. The average Bonchev–Trinajstić information content (AvgIpc) is 2.13. The zero-order valence-electron chi connectivity index (χ0n) is 5.42. The number of likely N-dealkylation sites (tertiary alicyclic amines) is 1. The average molecular weight is 139 g/mol. The van der Waals surface area contributed by atoms with E-state index in [-0.39, 0.29) is 0 Å². The first-order valence-electron chi connectivity index (χ1n) is 2.94. The molecule has 0 spiro atoms. The predicted octanol–water partition coefficient (Wildman–Crippen LogP) is 0.899. The summed E-state index contributed by atoms with van der Waals surface area (Å²) >= 11 is 5.02. The van der Waals surface area contributed by atoms with Gasteiger partial charge in [0.1, 0.15) is 0 Å². The van der Waals surface area contributed by atoms with Crippen molar-refractivity contribution in [3.05, 3.63) is 0 Å². The number of thiocarbonyl (C=S) groups is 1. The molecule has 1 fully saturated rings. The maximum absolute atomic E-state index is 5.22. The lowest BCUT2D eigenvalue weighted by Gasteiger charge is -2.07. The molecule has 9 heavy (non-hydrogen) atoms. The Bertz CT molecular complexity index is 168. The molecule has 1 aliphatic heterocycles. The molecule has 1 heterocycles. The topological polar surface area (TPSA) is 3.24 Å². The highest BCUT2D eigenvalue weighted by Gasteiger charge is 2.20. The highest BCUT2D eigenvalue weighted by Crippen LogP contribution is 2.15. The first kappa shape index (κ1) is 6.57. The normalized spacial score (nSPS) is 26.4. The largest absolute Gasteiger partial charge is 0.368 e. The van der Waals surface area contributed by atoms with Crippen molar-refractivity contribution in [3.8, 4) is 12.3 Å². The molecule has 48 valence electrons. The number of hydrogen-bond acceptors (Lipinski definition) is 1. The van der Waals surface area contributed by atoms with E-state index in [9.17, 15) is 0 Å². The van der Waals surface area contributed by atoms with Gasteiger partial charge < -0.3 is 4.90 Å². The van der Waals surface area contributed by atoms with Gasteiger partial charge in [-0.25, -0.2) is 0 Å². The molecule has 0 radical (unpaired) electrons. The molecule has 1 atom stereocenters. The van der Waals surface area contributed by atoms with Gasteiger partial charge in [0, 0.05) is 25.9 Å². The Balaban J connectivity index is 2.57. The van der Waals surface area contributed by atoms with Gasteiger partial charge in [0.05, 0.1) is 4.99 Å². The van der Waals surface area contributed by atoms with Crippen molar-refractivity contribution >= 4 is 17.2 Å². The van der Waals surface area contributed by atoms with E-state index in [1.54, 1.807) is 0 Å². The van der Waals surface area contributed by atoms with Crippen LogP contribution in [0.5, 0.6) is 0 Å². The fourth-order valence-corrected chi connectivity index (χ4v) is 1.25. The Labute approximate surface area is 61.0 Å². The van der Waals surface area contributed by atoms with Crippen LogP contribution in [0, 0.1) is 18.3 Å². The molecular formula is C7H9NS. The second kappa shape index (κ2) is 2.36. The lowest BCUT2D eigenvalue weighted by Crippen LogP contribution is -2.17. The Hall–Kier alpha value is -0.550. The van der Waals surface area contributed by atoms with Crippen LogP contribution >= 0.6 is 12.2 Å². The molecule has 0 saturated carbocycles. The fourth-order valence-electron chi connectivity index (χ4n) is 0.975. The lowest BCUT2D eigenvalue weighted by molar-refractivity contribution is 0.519. The van der Waals surface area contributed by atoms with Gasteiger partial charge in [-0.15, -0.1) is 12.3 Å². The molecule has 2 heteroatoms. The van der Waals surface area contributed by atoms with Crippen LogP contribution in [-0.2, 0) is 0 Å². The molecule has 0 N–H and O–H groups in total. The minimum absolute atomic E-state index is 0.363. The summed E-state index contributed by atoms with van der Waals surface area (Å²) in [6.07, 6.45) is 6.13. The van der Waals surface area contributed by atoms with Gasteiger partial charge in [-0.2, -0.15) is 0 Å². The molecule has 0 aliphatic carbocycles. The van der Waals surface area contributed by atoms with E-state index in [1.165, 1.54) is 0 Å². The molecule has 0 amide bonds. The van der Waals surface area contributed by atoms with Gasteiger partial charge in [-0.1, -0.05) is 12.2 Å². The van der Waals surface area contributed by atoms with Crippen LogP contribution in [0.25, 0.3) is 0 Å². The molecular weight excluding hydrogens is 130 g/mol. The molecule has 1 nitrogen and oxygen atoms in total. The lowest BCUT2D eigenvalue weighted by atomic mass is 10.1. The zero-order chi connectivity index (χ0) is 6.85. The van der Waals surface area contributed by atoms with E-state index in [4.69, 9.17) is 18.6 Å². The smallest absolute Gasteiger partial charge is 0.0790 e. The zero-order valence-corrected chi connectivity index (χ0v) is 6.24. The van der Waals surface area contributed by atoms with Crippen LogP contribution in [0.2, 0.25) is 0 Å². The van der Waals surface area contributed by atoms with E-state index in [0.717, 1.165) is 18.0 Å². The maximum Gasteiger partial charge on any atom is 0.0790 e. The summed E-state index contributed by atoms with van der Waals surface area (Å²) in [6, 6.07) is 0. The van der Waals surface area contributed by atoms with Gasteiger partial charge >= 0.3 is 0 Å². The summed E-state index contributed by atoms with van der Waals surface area (Å²) in [5.74, 6) is 3.06. The summed E-state index contributed by atoms with van der Waals surface area (Å²) in [5, 5.41) is 0. The Kier molecular flexibility index (Phi) is 1.73. The van der Waals surface area contributed by atoms with Crippen molar-refractivity contribution in [2.75, 3.05) is 13.6 Å². The quantitative estimate of drug-likeness (QED) is 0.362. The molecule has 1 rings (SSSR count). The minimum Gasteiger partial charge on any atom is -0.368 e. The summed E-state index contributed by atoms with van der Waals surface area (Å²) in [6.45, 7) is 0.940. The van der Waals surface area contributed by atoms with Crippen molar-refractivity contribution in [2.45, 2.75) is 6.42 Å². The summed E-state index contributed by atoms with van der Waals surface area (Å²) in [4.78, 5) is 3.04. The molecule has 0 aromatic rings. The third kappa shape index (κ3) is 1.22. The summed E-state index contributed by atoms with van der Waals surface area (Å²) in [7, 11) is 1.99. The Morgan fingerprint density at radius 3 is 2.78 bits per heavy atom. The third-order valence-electron chi connectivity index (χ3n) is 1.58. The van der Waals surface area contributed by atoms with E-state index in [0.29, 0.717) is 5.92 Å². The van der Waals surface area contributed by atoms with E-state index in [1.807, 2.05) is 11.9 Å². The van der Waals surface area contributed by atoms with Gasteiger partial charge in [0.15, 0.2) is 0 Å². The Morgan fingerprint density at radius 2 is 2.56 bits per heavy atom. The first-order valence-corrected chi connectivity index (χ1v) is 3.35. The van der Waals surface area contributed by atoms with Crippen LogP contribution in [-0.4, -0.2) is 23.5 Å². The summed E-state index contributed by atoms with van der Waals surface area (Å²) in [5.41, 5.74) is 0. The molecule has 1 saturated heterocycles. The minimum atomic E-state index is 0.363. The van der Waals surface area contributed by atoms with Crippen molar-refractivity contribution in [1.29, 1.82) is 0 Å². The standard InChI is InChI=1S/C7H9NS/c1-3-6-4-7(9)8(2)5-6/h1,6H,4-5H2,2H3. The number of terminal acetylenes is 1. The molecule has 1 unspecified atom stereocenters. The van der Waals surface area contributed by atoms with Crippen LogP contribution in [0.15, 0.2) is 0 Å². The molecule has 0 bridgehead atoms. The van der Waals surface area contributed by atoms with Crippen LogP contribution in [0.3, 0.4) is 0 Å². The SMILES string of the molecule is C#CC1CC(=S)N(C)C1. The van der Waals surface area contributed by atoms with Gasteiger partial charge in [-0.3, -0.25) is 0 Å². The number of hydrogen-bond donors (Lipinski definition) is 0.